The summed E-state index contributed by atoms with van der Waals surface area (Å²) in [5.74, 6) is -3.51. The minimum absolute atomic E-state index is 0.0553. The Morgan fingerprint density at radius 1 is 1.40 bits per heavy atom. The zero-order valence-electron chi connectivity index (χ0n) is 10.3. The Balaban J connectivity index is 2.14. The van der Waals surface area contributed by atoms with Crippen LogP contribution in [-0.2, 0) is 9.53 Å². The van der Waals surface area contributed by atoms with Crippen molar-refractivity contribution in [1.29, 1.82) is 0 Å². The van der Waals surface area contributed by atoms with Crippen LogP contribution >= 0.6 is 0 Å². The van der Waals surface area contributed by atoms with Crippen molar-refractivity contribution in [3.8, 4) is 0 Å². The van der Waals surface area contributed by atoms with Gasteiger partial charge in [-0.3, -0.25) is 0 Å². The molecule has 0 aliphatic carbocycles. The molecule has 1 atom stereocenters. The highest BCUT2D eigenvalue weighted by Gasteiger charge is 2.33. The number of carboxylic acids is 1. The molecule has 0 bridgehead atoms. The van der Waals surface area contributed by atoms with E-state index in [0.717, 1.165) is 11.0 Å². The van der Waals surface area contributed by atoms with Crippen LogP contribution in [0.4, 0.5) is 19.3 Å². The molecule has 0 spiro atoms. The number of carbonyl (C=O) groups is 2. The highest BCUT2D eigenvalue weighted by atomic mass is 19.2. The normalized spacial score (nSPS) is 18.7. The molecule has 1 aliphatic rings. The van der Waals surface area contributed by atoms with Gasteiger partial charge in [0.05, 0.1) is 18.9 Å². The van der Waals surface area contributed by atoms with Gasteiger partial charge in [0, 0.05) is 6.54 Å². The number of ether oxygens (including phenoxy) is 1. The molecule has 1 fully saturated rings. The second-order valence-corrected chi connectivity index (χ2v) is 4.15. The van der Waals surface area contributed by atoms with Crippen molar-refractivity contribution in [2.45, 2.75) is 6.04 Å². The van der Waals surface area contributed by atoms with E-state index >= 15 is 0 Å². The average molecular weight is 286 g/mol. The van der Waals surface area contributed by atoms with E-state index in [9.17, 15) is 18.4 Å². The fraction of sp³-hybridized carbons (Fsp3) is 0.333. The summed E-state index contributed by atoms with van der Waals surface area (Å²) in [5, 5.41) is 11.1. The number of rotatable bonds is 2. The maximum absolute atomic E-state index is 13.4. The molecule has 1 heterocycles. The number of nitrogens with zero attached hydrogens (tertiary/aromatic N) is 1. The van der Waals surface area contributed by atoms with Crippen LogP contribution in [0.3, 0.4) is 0 Å². The Morgan fingerprint density at radius 3 is 2.85 bits per heavy atom. The Hall–Kier alpha value is -2.22. The summed E-state index contributed by atoms with van der Waals surface area (Å²) in [7, 11) is 0. The molecule has 0 aromatic heterocycles. The third-order valence-corrected chi connectivity index (χ3v) is 2.87. The quantitative estimate of drug-likeness (QED) is 0.858. The molecule has 20 heavy (non-hydrogen) atoms. The first-order valence-electron chi connectivity index (χ1n) is 5.83. The van der Waals surface area contributed by atoms with Crippen molar-refractivity contribution >= 4 is 17.7 Å². The molecule has 0 saturated carbocycles. The van der Waals surface area contributed by atoms with Crippen LogP contribution in [0.5, 0.6) is 0 Å². The summed E-state index contributed by atoms with van der Waals surface area (Å²) in [5.41, 5.74) is -0.342. The van der Waals surface area contributed by atoms with Crippen LogP contribution in [0.1, 0.15) is 0 Å². The van der Waals surface area contributed by atoms with Gasteiger partial charge in [-0.05, 0) is 12.1 Å². The molecular weight excluding hydrogens is 274 g/mol. The lowest BCUT2D eigenvalue weighted by Gasteiger charge is -2.32. The summed E-state index contributed by atoms with van der Waals surface area (Å²) in [6.45, 7) is 0.0942. The van der Waals surface area contributed by atoms with Gasteiger partial charge >= 0.3 is 12.0 Å². The molecule has 0 radical (unpaired) electrons. The predicted octanol–water partition coefficient (Wildman–Crippen LogP) is 1.28. The summed E-state index contributed by atoms with van der Waals surface area (Å²) < 4.78 is 31.4. The standard InChI is InChI=1S/C12H12F2N2O4/c13-7-2-1-3-8(10(7)14)15-12(19)16-4-5-20-6-9(16)11(17)18/h1-3,9H,4-6H2,(H,15,19)(H,17,18). The summed E-state index contributed by atoms with van der Waals surface area (Å²) >= 11 is 0. The summed E-state index contributed by atoms with van der Waals surface area (Å²) in [6, 6.07) is 1.37. The number of carboxylic acid groups (broad SMARTS) is 1. The van der Waals surface area contributed by atoms with E-state index in [1.54, 1.807) is 0 Å². The molecule has 1 aliphatic heterocycles. The topological polar surface area (TPSA) is 78.9 Å². The number of carbonyl (C=O) groups excluding carboxylic acids is 1. The first kappa shape index (κ1) is 14.2. The number of hydrogen-bond acceptors (Lipinski definition) is 3. The van der Waals surface area contributed by atoms with E-state index in [2.05, 4.69) is 5.32 Å². The van der Waals surface area contributed by atoms with E-state index in [0.29, 0.717) is 0 Å². The molecule has 2 rings (SSSR count). The van der Waals surface area contributed by atoms with E-state index in [1.165, 1.54) is 12.1 Å². The average Bonchev–Trinajstić information content (AvgIpc) is 2.43. The lowest BCUT2D eigenvalue weighted by atomic mass is 10.2. The van der Waals surface area contributed by atoms with E-state index < -0.39 is 29.7 Å². The van der Waals surface area contributed by atoms with Gasteiger partial charge in [-0.25, -0.2) is 18.4 Å². The van der Waals surface area contributed by atoms with Gasteiger partial charge in [0.1, 0.15) is 0 Å². The van der Waals surface area contributed by atoms with Crippen LogP contribution < -0.4 is 5.32 Å². The Morgan fingerprint density at radius 2 is 2.15 bits per heavy atom. The third kappa shape index (κ3) is 2.85. The van der Waals surface area contributed by atoms with Crippen LogP contribution in [-0.4, -0.2) is 47.8 Å². The number of halogens is 2. The Labute approximate surface area is 112 Å². The van der Waals surface area contributed by atoms with Crippen LogP contribution in [0, 0.1) is 11.6 Å². The number of nitrogens with one attached hydrogen (secondary N) is 1. The number of benzene rings is 1. The van der Waals surface area contributed by atoms with Gasteiger partial charge in [-0.15, -0.1) is 0 Å². The number of hydrogen-bond donors (Lipinski definition) is 2. The van der Waals surface area contributed by atoms with Crippen molar-refractivity contribution in [3.63, 3.8) is 0 Å². The molecule has 1 aromatic carbocycles. The molecule has 8 heteroatoms. The Kier molecular flexibility index (Phi) is 4.14. The Bertz CT molecular complexity index is 538. The third-order valence-electron chi connectivity index (χ3n) is 2.87. The molecule has 1 unspecified atom stereocenters. The van der Waals surface area contributed by atoms with Crippen molar-refractivity contribution in [1.82, 2.24) is 4.90 Å². The minimum atomic E-state index is -1.22. The first-order valence-corrected chi connectivity index (χ1v) is 5.83. The number of amides is 2. The summed E-state index contributed by atoms with van der Waals surface area (Å²) in [6.07, 6.45) is 0. The number of aliphatic carboxylic acids is 1. The number of morpholine rings is 1. The maximum Gasteiger partial charge on any atom is 0.328 e. The monoisotopic (exact) mass is 286 g/mol. The highest BCUT2D eigenvalue weighted by Crippen LogP contribution is 2.18. The SMILES string of the molecule is O=C(O)C1COCCN1C(=O)Nc1cccc(F)c1F. The molecule has 1 aromatic rings. The lowest BCUT2D eigenvalue weighted by molar-refractivity contribution is -0.147. The second kappa shape index (κ2) is 5.83. The summed E-state index contributed by atoms with van der Waals surface area (Å²) in [4.78, 5) is 24.0. The maximum atomic E-state index is 13.4. The van der Waals surface area contributed by atoms with Gasteiger partial charge in [0.2, 0.25) is 0 Å². The zero-order chi connectivity index (χ0) is 14.7. The van der Waals surface area contributed by atoms with E-state index in [1.807, 2.05) is 0 Å². The second-order valence-electron chi connectivity index (χ2n) is 4.15. The number of urea groups is 1. The lowest BCUT2D eigenvalue weighted by Crippen LogP contribution is -2.54. The largest absolute Gasteiger partial charge is 0.480 e. The number of anilines is 1. The van der Waals surface area contributed by atoms with Crippen molar-refractivity contribution in [2.75, 3.05) is 25.1 Å². The van der Waals surface area contributed by atoms with Crippen LogP contribution in [0.15, 0.2) is 18.2 Å². The molecule has 1 saturated heterocycles. The fourth-order valence-electron chi connectivity index (χ4n) is 1.84. The first-order chi connectivity index (χ1) is 9.50. The molecular formula is C12H12F2N2O4. The molecule has 6 nitrogen and oxygen atoms in total. The molecule has 108 valence electrons. The van der Waals surface area contributed by atoms with Crippen LogP contribution in [0.2, 0.25) is 0 Å². The zero-order valence-corrected chi connectivity index (χ0v) is 10.3. The minimum Gasteiger partial charge on any atom is -0.480 e. The predicted molar refractivity (Wildman–Crippen MR) is 64.3 cm³/mol. The van der Waals surface area contributed by atoms with Crippen molar-refractivity contribution < 1.29 is 28.2 Å². The van der Waals surface area contributed by atoms with Gasteiger partial charge in [-0.1, -0.05) is 6.07 Å². The van der Waals surface area contributed by atoms with E-state index in [-0.39, 0.29) is 25.4 Å². The van der Waals surface area contributed by atoms with Crippen LogP contribution in [0.25, 0.3) is 0 Å². The fourth-order valence-corrected chi connectivity index (χ4v) is 1.84. The van der Waals surface area contributed by atoms with Gasteiger partial charge < -0.3 is 20.1 Å². The molecule has 2 N–H and O–H groups in total. The van der Waals surface area contributed by atoms with Gasteiger partial charge in [0.25, 0.3) is 0 Å². The van der Waals surface area contributed by atoms with Crippen molar-refractivity contribution in [2.24, 2.45) is 0 Å². The van der Waals surface area contributed by atoms with Crippen molar-refractivity contribution in [3.05, 3.63) is 29.8 Å². The van der Waals surface area contributed by atoms with E-state index in [4.69, 9.17) is 9.84 Å². The molecule has 2 amide bonds. The van der Waals surface area contributed by atoms with Gasteiger partial charge in [0.15, 0.2) is 17.7 Å². The smallest absolute Gasteiger partial charge is 0.328 e. The highest BCUT2D eigenvalue weighted by molar-refractivity contribution is 5.92. The van der Waals surface area contributed by atoms with Gasteiger partial charge in [-0.2, -0.15) is 0 Å².